The lowest BCUT2D eigenvalue weighted by molar-refractivity contribution is 0.0586. The summed E-state index contributed by atoms with van der Waals surface area (Å²) in [6, 6.07) is 11.2. The zero-order valence-electron chi connectivity index (χ0n) is 12.0. The van der Waals surface area contributed by atoms with Gasteiger partial charge in [-0.05, 0) is 38.3 Å². The molecule has 1 aromatic carbocycles. The highest BCUT2D eigenvalue weighted by atomic mass is 16.5. The van der Waals surface area contributed by atoms with E-state index in [2.05, 4.69) is 56.4 Å². The molecule has 0 saturated carbocycles. The Morgan fingerprint density at radius 1 is 1.11 bits per heavy atom. The first-order valence-electron chi connectivity index (χ1n) is 7.07. The lowest BCUT2D eigenvalue weighted by Crippen LogP contribution is -2.26. The summed E-state index contributed by atoms with van der Waals surface area (Å²) < 4.78 is 5.81. The molecule has 0 radical (unpaired) electrons. The molecule has 2 nitrogen and oxygen atoms in total. The van der Waals surface area contributed by atoms with Crippen molar-refractivity contribution in [2.24, 2.45) is 0 Å². The molecule has 0 fully saturated rings. The van der Waals surface area contributed by atoms with Gasteiger partial charge in [0.15, 0.2) is 0 Å². The predicted octanol–water partition coefficient (Wildman–Crippen LogP) is 3.41. The van der Waals surface area contributed by atoms with Gasteiger partial charge in [0.1, 0.15) is 0 Å². The molecule has 1 unspecified atom stereocenters. The molecule has 1 rings (SSSR count). The second-order valence-electron chi connectivity index (χ2n) is 5.17. The number of ether oxygens (including phenoxy) is 1. The lowest BCUT2D eigenvalue weighted by Gasteiger charge is -2.14. The van der Waals surface area contributed by atoms with Crippen LogP contribution in [-0.4, -0.2) is 25.3 Å². The Labute approximate surface area is 112 Å². The number of rotatable bonds is 9. The normalized spacial score (nSPS) is 12.9. The minimum absolute atomic E-state index is 0.354. The summed E-state index contributed by atoms with van der Waals surface area (Å²) in [5, 5.41) is 3.41. The fourth-order valence-corrected chi connectivity index (χ4v) is 1.86. The standard InChI is InChI=1S/C16H27NO/c1-14(2)17-12-11-15(3)18-13-7-10-16-8-5-4-6-9-16/h4-6,8-9,14-15,17H,7,10-13H2,1-3H3. The monoisotopic (exact) mass is 249 g/mol. The van der Waals surface area contributed by atoms with Gasteiger partial charge in [-0.25, -0.2) is 0 Å². The van der Waals surface area contributed by atoms with E-state index in [1.54, 1.807) is 0 Å². The third-order valence-electron chi connectivity index (χ3n) is 2.96. The van der Waals surface area contributed by atoms with E-state index >= 15 is 0 Å². The lowest BCUT2D eigenvalue weighted by atomic mass is 10.1. The molecule has 0 aromatic heterocycles. The van der Waals surface area contributed by atoms with Crippen molar-refractivity contribution in [3.05, 3.63) is 35.9 Å². The molecule has 0 spiro atoms. The summed E-state index contributed by atoms with van der Waals surface area (Å²) in [5.41, 5.74) is 1.40. The van der Waals surface area contributed by atoms with Crippen LogP contribution in [0.25, 0.3) is 0 Å². The highest BCUT2D eigenvalue weighted by molar-refractivity contribution is 5.14. The molecule has 0 aliphatic heterocycles. The number of nitrogens with one attached hydrogen (secondary N) is 1. The molecular formula is C16H27NO. The summed E-state index contributed by atoms with van der Waals surface area (Å²) in [6.45, 7) is 8.40. The van der Waals surface area contributed by atoms with Gasteiger partial charge in [0.05, 0.1) is 6.10 Å². The summed E-state index contributed by atoms with van der Waals surface area (Å²) in [4.78, 5) is 0. The van der Waals surface area contributed by atoms with Gasteiger partial charge in [0.25, 0.3) is 0 Å². The molecule has 0 amide bonds. The van der Waals surface area contributed by atoms with E-state index in [-0.39, 0.29) is 0 Å². The van der Waals surface area contributed by atoms with Crippen LogP contribution in [0.1, 0.15) is 39.2 Å². The summed E-state index contributed by atoms with van der Waals surface area (Å²) in [5.74, 6) is 0. The second-order valence-corrected chi connectivity index (χ2v) is 5.17. The van der Waals surface area contributed by atoms with E-state index in [0.717, 1.165) is 32.4 Å². The van der Waals surface area contributed by atoms with Crippen LogP contribution in [0.3, 0.4) is 0 Å². The Kier molecular flexibility index (Phi) is 7.70. The second kappa shape index (κ2) is 9.12. The van der Waals surface area contributed by atoms with Crippen LogP contribution in [0.2, 0.25) is 0 Å². The Morgan fingerprint density at radius 2 is 1.83 bits per heavy atom. The third kappa shape index (κ3) is 7.46. The van der Waals surface area contributed by atoms with Crippen LogP contribution in [0, 0.1) is 0 Å². The van der Waals surface area contributed by atoms with Crippen LogP contribution in [0.15, 0.2) is 30.3 Å². The first kappa shape index (κ1) is 15.2. The highest BCUT2D eigenvalue weighted by Gasteiger charge is 2.02. The van der Waals surface area contributed by atoms with Crippen molar-refractivity contribution in [3.63, 3.8) is 0 Å². The smallest absolute Gasteiger partial charge is 0.0559 e. The molecule has 1 aromatic rings. The molecule has 0 aliphatic carbocycles. The Balaban J connectivity index is 2.00. The van der Waals surface area contributed by atoms with E-state index in [1.807, 2.05) is 0 Å². The van der Waals surface area contributed by atoms with E-state index in [0.29, 0.717) is 12.1 Å². The Hall–Kier alpha value is -0.860. The van der Waals surface area contributed by atoms with Crippen molar-refractivity contribution >= 4 is 0 Å². The maximum atomic E-state index is 5.81. The molecule has 102 valence electrons. The van der Waals surface area contributed by atoms with E-state index in [9.17, 15) is 0 Å². The Bertz CT molecular complexity index is 297. The van der Waals surface area contributed by atoms with Gasteiger partial charge in [0, 0.05) is 12.6 Å². The largest absolute Gasteiger partial charge is 0.378 e. The van der Waals surface area contributed by atoms with E-state index < -0.39 is 0 Å². The van der Waals surface area contributed by atoms with Crippen molar-refractivity contribution < 1.29 is 4.74 Å². The van der Waals surface area contributed by atoms with Crippen LogP contribution in [-0.2, 0) is 11.2 Å². The van der Waals surface area contributed by atoms with Crippen molar-refractivity contribution in [3.8, 4) is 0 Å². The first-order chi connectivity index (χ1) is 8.68. The third-order valence-corrected chi connectivity index (χ3v) is 2.96. The van der Waals surface area contributed by atoms with Gasteiger partial charge >= 0.3 is 0 Å². The van der Waals surface area contributed by atoms with Gasteiger partial charge < -0.3 is 10.1 Å². The summed E-state index contributed by atoms with van der Waals surface area (Å²) >= 11 is 0. The first-order valence-corrected chi connectivity index (χ1v) is 7.07. The molecule has 1 atom stereocenters. The van der Waals surface area contributed by atoms with Gasteiger partial charge in [-0.1, -0.05) is 44.2 Å². The maximum Gasteiger partial charge on any atom is 0.0559 e. The zero-order valence-corrected chi connectivity index (χ0v) is 12.0. The van der Waals surface area contributed by atoms with Gasteiger partial charge in [-0.2, -0.15) is 0 Å². The summed E-state index contributed by atoms with van der Waals surface area (Å²) in [6.07, 6.45) is 3.65. The van der Waals surface area contributed by atoms with Crippen molar-refractivity contribution in [1.82, 2.24) is 5.32 Å². The number of aryl methyl sites for hydroxylation is 1. The fraction of sp³-hybridized carbons (Fsp3) is 0.625. The summed E-state index contributed by atoms with van der Waals surface area (Å²) in [7, 11) is 0. The molecule has 2 heteroatoms. The SMILES string of the molecule is CC(C)NCCC(C)OCCCc1ccccc1. The molecule has 0 heterocycles. The van der Waals surface area contributed by atoms with Crippen molar-refractivity contribution in [1.29, 1.82) is 0 Å². The van der Waals surface area contributed by atoms with E-state index in [4.69, 9.17) is 4.74 Å². The maximum absolute atomic E-state index is 5.81. The minimum Gasteiger partial charge on any atom is -0.378 e. The molecule has 0 bridgehead atoms. The highest BCUT2D eigenvalue weighted by Crippen LogP contribution is 2.04. The van der Waals surface area contributed by atoms with Crippen LogP contribution >= 0.6 is 0 Å². The van der Waals surface area contributed by atoms with Crippen molar-refractivity contribution in [2.45, 2.75) is 52.2 Å². The number of hydrogen-bond donors (Lipinski definition) is 1. The average Bonchev–Trinajstić information content (AvgIpc) is 2.35. The average molecular weight is 249 g/mol. The van der Waals surface area contributed by atoms with Crippen molar-refractivity contribution in [2.75, 3.05) is 13.2 Å². The molecule has 0 aliphatic rings. The molecule has 1 N–H and O–H groups in total. The molecule has 0 saturated heterocycles. The minimum atomic E-state index is 0.354. The van der Waals surface area contributed by atoms with Crippen LogP contribution < -0.4 is 5.32 Å². The Morgan fingerprint density at radius 3 is 2.50 bits per heavy atom. The zero-order chi connectivity index (χ0) is 13.2. The van der Waals surface area contributed by atoms with Gasteiger partial charge in [-0.15, -0.1) is 0 Å². The fourth-order valence-electron chi connectivity index (χ4n) is 1.86. The van der Waals surface area contributed by atoms with Crippen LogP contribution in [0.4, 0.5) is 0 Å². The van der Waals surface area contributed by atoms with Crippen LogP contribution in [0.5, 0.6) is 0 Å². The van der Waals surface area contributed by atoms with E-state index in [1.165, 1.54) is 5.56 Å². The van der Waals surface area contributed by atoms with Gasteiger partial charge in [-0.3, -0.25) is 0 Å². The topological polar surface area (TPSA) is 21.3 Å². The number of hydrogen-bond acceptors (Lipinski definition) is 2. The number of benzene rings is 1. The van der Waals surface area contributed by atoms with Gasteiger partial charge in [0.2, 0.25) is 0 Å². The quantitative estimate of drug-likeness (QED) is 0.677. The molecule has 18 heavy (non-hydrogen) atoms. The molecular weight excluding hydrogens is 222 g/mol. The predicted molar refractivity (Wildman–Crippen MR) is 77.9 cm³/mol.